The van der Waals surface area contributed by atoms with Crippen molar-refractivity contribution in [1.29, 1.82) is 0 Å². The summed E-state index contributed by atoms with van der Waals surface area (Å²) < 4.78 is 0. The summed E-state index contributed by atoms with van der Waals surface area (Å²) in [7, 11) is 0. The summed E-state index contributed by atoms with van der Waals surface area (Å²) in [4.78, 5) is 30.6. The van der Waals surface area contributed by atoms with Crippen molar-refractivity contribution in [3.63, 3.8) is 0 Å². The fourth-order valence-corrected chi connectivity index (χ4v) is 2.47. The van der Waals surface area contributed by atoms with Gasteiger partial charge in [0.15, 0.2) is 5.13 Å². The number of nitrogens with zero attached hydrogens (tertiary/aromatic N) is 2. The van der Waals surface area contributed by atoms with Crippen LogP contribution in [0.3, 0.4) is 0 Å². The molecule has 1 fully saturated rings. The molecule has 0 spiro atoms. The van der Waals surface area contributed by atoms with Crippen LogP contribution in [0.25, 0.3) is 0 Å². The van der Waals surface area contributed by atoms with E-state index < -0.39 is 5.97 Å². The first-order valence-corrected chi connectivity index (χ1v) is 6.72. The minimum Gasteiger partial charge on any atom is -0.476 e. The lowest BCUT2D eigenvalue weighted by atomic mass is 10.3. The largest absolute Gasteiger partial charge is 0.476 e. The minimum atomic E-state index is -1.21. The predicted octanol–water partition coefficient (Wildman–Crippen LogP) is 1.46. The van der Waals surface area contributed by atoms with E-state index in [1.807, 2.05) is 0 Å². The summed E-state index contributed by atoms with van der Waals surface area (Å²) in [5.74, 6) is -1.21. The second kappa shape index (κ2) is 6.28. The molecule has 7 nitrogen and oxygen atoms in total. The Morgan fingerprint density at radius 3 is 2.95 bits per heavy atom. The number of oxime groups is 1. The molecule has 1 aromatic heterocycles. The lowest BCUT2D eigenvalue weighted by molar-refractivity contribution is -0.129. The molecule has 0 unspecified atom stereocenters. The molecule has 1 saturated carbocycles. The van der Waals surface area contributed by atoms with Gasteiger partial charge in [0.1, 0.15) is 11.8 Å². The Morgan fingerprint density at radius 1 is 1.58 bits per heavy atom. The molecule has 102 valence electrons. The van der Waals surface area contributed by atoms with E-state index in [9.17, 15) is 9.59 Å². The van der Waals surface area contributed by atoms with Crippen molar-refractivity contribution in [2.45, 2.75) is 31.8 Å². The number of aromatic nitrogens is 1. The van der Waals surface area contributed by atoms with E-state index in [2.05, 4.69) is 15.5 Å². The summed E-state index contributed by atoms with van der Waals surface area (Å²) >= 11 is 1.12. The molecule has 0 radical (unpaired) electrons. The number of amides is 1. The van der Waals surface area contributed by atoms with Crippen LogP contribution in [0, 0.1) is 0 Å². The van der Waals surface area contributed by atoms with Crippen LogP contribution < -0.4 is 5.32 Å². The van der Waals surface area contributed by atoms with Crippen molar-refractivity contribution < 1.29 is 19.5 Å². The molecule has 2 rings (SSSR count). The smallest absolute Gasteiger partial charge is 0.360 e. The molecule has 1 aromatic rings. The normalized spacial score (nSPS) is 16.3. The van der Waals surface area contributed by atoms with Crippen LogP contribution >= 0.6 is 11.3 Å². The molecule has 0 aliphatic heterocycles. The number of thiazole rings is 1. The van der Waals surface area contributed by atoms with Gasteiger partial charge in [-0.3, -0.25) is 4.79 Å². The first kappa shape index (κ1) is 13.5. The lowest BCUT2D eigenvalue weighted by Gasteiger charge is -2.06. The molecular formula is C11H13N3O4S. The Balaban J connectivity index is 2.11. The highest BCUT2D eigenvalue weighted by atomic mass is 32.1. The van der Waals surface area contributed by atoms with Gasteiger partial charge in [-0.1, -0.05) is 5.16 Å². The molecule has 1 heterocycles. The van der Waals surface area contributed by atoms with Crippen molar-refractivity contribution in [3.05, 3.63) is 11.1 Å². The van der Waals surface area contributed by atoms with Crippen molar-refractivity contribution >= 4 is 34.6 Å². The van der Waals surface area contributed by atoms with E-state index in [-0.39, 0.29) is 17.5 Å². The number of hydrogen-bond acceptors (Lipinski definition) is 6. The Hall–Kier alpha value is -1.96. The second-order valence-electron chi connectivity index (χ2n) is 4.06. The lowest BCUT2D eigenvalue weighted by Crippen LogP contribution is -2.17. The first-order valence-electron chi connectivity index (χ1n) is 5.84. The minimum absolute atomic E-state index is 0.0134. The van der Waals surface area contributed by atoms with Crippen molar-refractivity contribution in [2.75, 3.05) is 5.32 Å². The van der Waals surface area contributed by atoms with Gasteiger partial charge in [0.25, 0.3) is 0 Å². The van der Waals surface area contributed by atoms with Gasteiger partial charge in [-0.25, -0.2) is 9.78 Å². The van der Waals surface area contributed by atoms with Gasteiger partial charge in [-0.2, -0.15) is 0 Å². The maximum Gasteiger partial charge on any atom is 0.360 e. The van der Waals surface area contributed by atoms with Crippen LogP contribution in [-0.2, 0) is 14.4 Å². The highest BCUT2D eigenvalue weighted by Crippen LogP contribution is 2.22. The van der Waals surface area contributed by atoms with Gasteiger partial charge in [0.2, 0.25) is 12.1 Å². The number of carboxylic acid groups (broad SMARTS) is 1. The van der Waals surface area contributed by atoms with E-state index in [4.69, 9.17) is 9.94 Å². The molecular weight excluding hydrogens is 270 g/mol. The van der Waals surface area contributed by atoms with E-state index in [1.54, 1.807) is 0 Å². The molecule has 2 N–H and O–H groups in total. The van der Waals surface area contributed by atoms with E-state index in [0.717, 1.165) is 37.0 Å². The topological polar surface area (TPSA) is 101 Å². The molecule has 19 heavy (non-hydrogen) atoms. The fourth-order valence-electron chi connectivity index (χ4n) is 1.82. The molecule has 0 bridgehead atoms. The number of aliphatic carboxylic acids is 1. The second-order valence-corrected chi connectivity index (χ2v) is 4.92. The van der Waals surface area contributed by atoms with Crippen LogP contribution in [0.4, 0.5) is 5.13 Å². The van der Waals surface area contributed by atoms with Crippen molar-refractivity contribution in [1.82, 2.24) is 4.98 Å². The number of carbonyl (C=O) groups excluding carboxylic acids is 1. The third-order valence-electron chi connectivity index (χ3n) is 2.73. The zero-order chi connectivity index (χ0) is 13.7. The third-order valence-corrected chi connectivity index (χ3v) is 3.50. The van der Waals surface area contributed by atoms with Gasteiger partial charge >= 0.3 is 5.97 Å². The highest BCUT2D eigenvalue weighted by molar-refractivity contribution is 7.14. The number of rotatable bonds is 6. The standard InChI is InChI=1S/C11H13N3O4S/c15-6-12-11-13-8(5-19-11)9(10(16)17)14-18-7-3-1-2-4-7/h5-7H,1-4H2,(H,16,17)(H,12,13,15)/b14-9-. The van der Waals surface area contributed by atoms with Crippen LogP contribution in [0.5, 0.6) is 0 Å². The van der Waals surface area contributed by atoms with Gasteiger partial charge in [-0.05, 0) is 25.7 Å². The Morgan fingerprint density at radius 2 is 2.32 bits per heavy atom. The van der Waals surface area contributed by atoms with Crippen LogP contribution in [-0.4, -0.2) is 34.3 Å². The van der Waals surface area contributed by atoms with Crippen LogP contribution in [0.2, 0.25) is 0 Å². The summed E-state index contributed by atoms with van der Waals surface area (Å²) in [6, 6.07) is 0. The summed E-state index contributed by atoms with van der Waals surface area (Å²) in [6.07, 6.45) is 4.41. The van der Waals surface area contributed by atoms with Crippen LogP contribution in [0.15, 0.2) is 10.5 Å². The van der Waals surface area contributed by atoms with Crippen molar-refractivity contribution in [2.24, 2.45) is 5.16 Å². The first-order chi connectivity index (χ1) is 9.20. The summed E-state index contributed by atoms with van der Waals surface area (Å²) in [5.41, 5.74) is -0.0676. The number of anilines is 1. The average Bonchev–Trinajstić information content (AvgIpc) is 3.01. The Bertz CT molecular complexity index is 494. The Kier molecular flexibility index (Phi) is 4.45. The van der Waals surface area contributed by atoms with Gasteiger partial charge in [-0.15, -0.1) is 11.3 Å². The van der Waals surface area contributed by atoms with Gasteiger partial charge < -0.3 is 15.3 Å². The number of carboxylic acids is 1. The summed E-state index contributed by atoms with van der Waals surface area (Å²) in [5, 5.41) is 17.0. The molecule has 0 atom stereocenters. The average molecular weight is 283 g/mol. The van der Waals surface area contributed by atoms with E-state index >= 15 is 0 Å². The molecule has 1 amide bonds. The number of hydrogen-bond donors (Lipinski definition) is 2. The third kappa shape index (κ3) is 3.50. The quantitative estimate of drug-likeness (QED) is 0.467. The molecule has 8 heteroatoms. The monoisotopic (exact) mass is 283 g/mol. The maximum atomic E-state index is 11.1. The molecule has 0 aromatic carbocycles. The molecule has 1 aliphatic rings. The van der Waals surface area contributed by atoms with E-state index in [1.165, 1.54) is 5.38 Å². The fraction of sp³-hybridized carbons (Fsp3) is 0.455. The SMILES string of the molecule is O=CNc1nc(/C(=N/OC2CCCC2)C(=O)O)cs1. The predicted molar refractivity (Wildman–Crippen MR) is 69.3 cm³/mol. The summed E-state index contributed by atoms with van der Waals surface area (Å²) in [6.45, 7) is 0. The molecule has 0 saturated heterocycles. The zero-order valence-electron chi connectivity index (χ0n) is 10.0. The van der Waals surface area contributed by atoms with Crippen molar-refractivity contribution in [3.8, 4) is 0 Å². The van der Waals surface area contributed by atoms with Gasteiger partial charge in [0.05, 0.1) is 0 Å². The Labute approximate surface area is 113 Å². The van der Waals surface area contributed by atoms with E-state index in [0.29, 0.717) is 11.5 Å². The maximum absolute atomic E-state index is 11.1. The van der Waals surface area contributed by atoms with Gasteiger partial charge in [0, 0.05) is 5.38 Å². The zero-order valence-corrected chi connectivity index (χ0v) is 10.9. The number of carbonyl (C=O) groups is 2. The molecule has 1 aliphatic carbocycles. The highest BCUT2D eigenvalue weighted by Gasteiger charge is 2.20. The van der Waals surface area contributed by atoms with Crippen LogP contribution in [0.1, 0.15) is 31.4 Å². The number of nitrogens with one attached hydrogen (secondary N) is 1.